The molecule has 0 unspecified atom stereocenters. The Morgan fingerprint density at radius 1 is 1.20 bits per heavy atom. The van der Waals surface area contributed by atoms with Crippen LogP contribution in [0.25, 0.3) is 0 Å². The van der Waals surface area contributed by atoms with E-state index in [4.69, 9.17) is 5.11 Å². The fraction of sp³-hybridized carbons (Fsp3) is 0.133. The molecule has 20 heavy (non-hydrogen) atoms. The van der Waals surface area contributed by atoms with Gasteiger partial charge in [0.1, 0.15) is 5.82 Å². The Kier molecular flexibility index (Phi) is 5.20. The highest BCUT2D eigenvalue weighted by molar-refractivity contribution is 9.10. The second-order valence-corrected chi connectivity index (χ2v) is 6.14. The lowest BCUT2D eigenvalue weighted by atomic mass is 10.2. The van der Waals surface area contributed by atoms with Crippen LogP contribution >= 0.6 is 27.7 Å². The van der Waals surface area contributed by atoms with Crippen molar-refractivity contribution < 1.29 is 14.3 Å². The molecule has 0 atom stereocenters. The highest BCUT2D eigenvalue weighted by atomic mass is 79.9. The first-order valence-electron chi connectivity index (χ1n) is 5.92. The Hall–Kier alpha value is -1.33. The Morgan fingerprint density at radius 2 is 1.90 bits per heavy atom. The zero-order chi connectivity index (χ0) is 14.5. The van der Waals surface area contributed by atoms with Crippen LogP contribution in [0.15, 0.2) is 51.8 Å². The van der Waals surface area contributed by atoms with Crippen LogP contribution in [0.5, 0.6) is 0 Å². The van der Waals surface area contributed by atoms with Gasteiger partial charge >= 0.3 is 5.97 Å². The van der Waals surface area contributed by atoms with Crippen molar-refractivity contribution in [2.45, 2.75) is 17.1 Å². The molecule has 0 aliphatic rings. The lowest BCUT2D eigenvalue weighted by molar-refractivity contribution is -0.136. The summed E-state index contributed by atoms with van der Waals surface area (Å²) in [5.74, 6) is -0.372. The van der Waals surface area contributed by atoms with Gasteiger partial charge < -0.3 is 5.11 Å². The van der Waals surface area contributed by atoms with E-state index in [9.17, 15) is 9.18 Å². The first-order chi connectivity index (χ1) is 9.54. The first kappa shape index (κ1) is 15.1. The van der Waals surface area contributed by atoms with Gasteiger partial charge in [-0.25, -0.2) is 4.39 Å². The van der Waals surface area contributed by atoms with Gasteiger partial charge in [0.25, 0.3) is 0 Å². The Bertz CT molecular complexity index is 614. The topological polar surface area (TPSA) is 37.3 Å². The molecule has 5 heteroatoms. The van der Waals surface area contributed by atoms with E-state index in [-0.39, 0.29) is 12.2 Å². The van der Waals surface area contributed by atoms with Crippen molar-refractivity contribution in [1.29, 1.82) is 0 Å². The Balaban J connectivity index is 1.98. The van der Waals surface area contributed by atoms with Gasteiger partial charge in [0, 0.05) is 15.1 Å². The molecule has 2 aromatic carbocycles. The highest BCUT2D eigenvalue weighted by Gasteiger charge is 2.04. The number of rotatable bonds is 5. The molecular weight excluding hydrogens is 343 g/mol. The number of carboxylic acids is 1. The largest absolute Gasteiger partial charge is 0.481 e. The molecule has 0 spiro atoms. The molecule has 0 fully saturated rings. The van der Waals surface area contributed by atoms with E-state index in [2.05, 4.69) is 15.9 Å². The molecule has 0 saturated heterocycles. The number of benzene rings is 2. The van der Waals surface area contributed by atoms with Gasteiger partial charge in [-0.1, -0.05) is 34.1 Å². The van der Waals surface area contributed by atoms with E-state index in [1.807, 2.05) is 24.3 Å². The van der Waals surface area contributed by atoms with E-state index in [1.54, 1.807) is 17.8 Å². The molecule has 0 aliphatic heterocycles. The van der Waals surface area contributed by atoms with Crippen molar-refractivity contribution in [2.75, 3.05) is 0 Å². The summed E-state index contributed by atoms with van der Waals surface area (Å²) < 4.78 is 13.7. The summed E-state index contributed by atoms with van der Waals surface area (Å²) in [6.45, 7) is 0. The van der Waals surface area contributed by atoms with Crippen LogP contribution in [0, 0.1) is 5.82 Å². The van der Waals surface area contributed by atoms with Gasteiger partial charge in [-0.15, -0.1) is 11.8 Å². The van der Waals surface area contributed by atoms with Gasteiger partial charge in [0.15, 0.2) is 0 Å². The third-order valence-corrected chi connectivity index (χ3v) is 4.49. The normalized spacial score (nSPS) is 10.5. The fourth-order valence-corrected chi connectivity index (χ4v) is 3.26. The molecule has 0 amide bonds. The number of hydrogen-bond acceptors (Lipinski definition) is 2. The number of halogens is 2. The lowest BCUT2D eigenvalue weighted by Gasteiger charge is -2.05. The molecule has 2 rings (SSSR count). The van der Waals surface area contributed by atoms with Gasteiger partial charge in [0.2, 0.25) is 0 Å². The average molecular weight is 355 g/mol. The summed E-state index contributed by atoms with van der Waals surface area (Å²) in [6, 6.07) is 12.1. The lowest BCUT2D eigenvalue weighted by Crippen LogP contribution is -1.99. The van der Waals surface area contributed by atoms with E-state index in [0.717, 1.165) is 26.2 Å². The smallest absolute Gasteiger partial charge is 0.307 e. The molecular formula is C15H12BrFO2S. The highest BCUT2D eigenvalue weighted by Crippen LogP contribution is 2.27. The van der Waals surface area contributed by atoms with Gasteiger partial charge in [-0.3, -0.25) is 4.79 Å². The zero-order valence-electron chi connectivity index (χ0n) is 10.5. The third kappa shape index (κ3) is 4.35. The molecule has 2 aromatic rings. The fourth-order valence-electron chi connectivity index (χ4n) is 1.68. The number of hydrogen-bond donors (Lipinski definition) is 1. The van der Waals surface area contributed by atoms with Gasteiger partial charge in [-0.2, -0.15) is 0 Å². The second-order valence-electron chi connectivity index (χ2n) is 4.24. The maximum atomic E-state index is 13.0. The summed E-state index contributed by atoms with van der Waals surface area (Å²) in [6.07, 6.45) is 0.0362. The summed E-state index contributed by atoms with van der Waals surface area (Å²) in [5, 5.41) is 8.70. The standard InChI is InChI=1S/C15H12BrFO2S/c16-14-8-12(17)4-3-11(14)9-20-13-5-1-10(2-6-13)7-15(18)19/h1-6,8H,7,9H2,(H,18,19). The molecule has 0 aliphatic carbocycles. The predicted molar refractivity (Wildman–Crippen MR) is 81.4 cm³/mol. The van der Waals surface area contributed by atoms with Crippen LogP contribution in [0.3, 0.4) is 0 Å². The van der Waals surface area contributed by atoms with Gasteiger partial charge in [-0.05, 0) is 35.4 Å². The summed E-state index contributed by atoms with van der Waals surface area (Å²) in [7, 11) is 0. The maximum absolute atomic E-state index is 13.0. The molecule has 0 heterocycles. The van der Waals surface area contributed by atoms with Crippen molar-refractivity contribution in [2.24, 2.45) is 0 Å². The number of aliphatic carboxylic acids is 1. The van der Waals surface area contributed by atoms with Crippen LogP contribution in [0.2, 0.25) is 0 Å². The van der Waals surface area contributed by atoms with Crippen LogP contribution in [-0.4, -0.2) is 11.1 Å². The Morgan fingerprint density at radius 3 is 2.50 bits per heavy atom. The minimum Gasteiger partial charge on any atom is -0.481 e. The third-order valence-electron chi connectivity index (χ3n) is 2.69. The van der Waals surface area contributed by atoms with Crippen molar-refractivity contribution in [3.8, 4) is 0 Å². The molecule has 0 aromatic heterocycles. The van der Waals surface area contributed by atoms with Gasteiger partial charge in [0.05, 0.1) is 6.42 Å². The van der Waals surface area contributed by atoms with Crippen LogP contribution in [-0.2, 0) is 17.0 Å². The van der Waals surface area contributed by atoms with E-state index < -0.39 is 5.97 Å². The van der Waals surface area contributed by atoms with E-state index >= 15 is 0 Å². The average Bonchev–Trinajstić information content (AvgIpc) is 2.39. The summed E-state index contributed by atoms with van der Waals surface area (Å²) >= 11 is 4.96. The molecule has 104 valence electrons. The molecule has 2 nitrogen and oxygen atoms in total. The number of carbonyl (C=O) groups is 1. The van der Waals surface area contributed by atoms with Crippen LogP contribution in [0.4, 0.5) is 4.39 Å². The summed E-state index contributed by atoms with van der Waals surface area (Å²) in [4.78, 5) is 11.6. The number of thioether (sulfide) groups is 1. The molecule has 1 N–H and O–H groups in total. The minimum absolute atomic E-state index is 0.0362. The van der Waals surface area contributed by atoms with E-state index in [1.165, 1.54) is 12.1 Å². The van der Waals surface area contributed by atoms with E-state index in [0.29, 0.717) is 0 Å². The van der Waals surface area contributed by atoms with Crippen molar-refractivity contribution >= 4 is 33.7 Å². The zero-order valence-corrected chi connectivity index (χ0v) is 12.9. The molecule has 0 saturated carbocycles. The Labute approximate surface area is 129 Å². The predicted octanol–water partition coefficient (Wildman–Crippen LogP) is 4.51. The SMILES string of the molecule is O=C(O)Cc1ccc(SCc2ccc(F)cc2Br)cc1. The van der Waals surface area contributed by atoms with Crippen LogP contribution < -0.4 is 0 Å². The van der Waals surface area contributed by atoms with Crippen molar-refractivity contribution in [3.63, 3.8) is 0 Å². The molecule has 0 bridgehead atoms. The second kappa shape index (κ2) is 6.90. The summed E-state index contributed by atoms with van der Waals surface area (Å²) in [5.41, 5.74) is 1.80. The van der Waals surface area contributed by atoms with Crippen molar-refractivity contribution in [1.82, 2.24) is 0 Å². The number of carboxylic acid groups (broad SMARTS) is 1. The first-order valence-corrected chi connectivity index (χ1v) is 7.70. The quantitative estimate of drug-likeness (QED) is 0.802. The molecule has 0 radical (unpaired) electrons. The van der Waals surface area contributed by atoms with Crippen LogP contribution in [0.1, 0.15) is 11.1 Å². The minimum atomic E-state index is -0.833. The monoisotopic (exact) mass is 354 g/mol. The van der Waals surface area contributed by atoms with Crippen molar-refractivity contribution in [3.05, 3.63) is 63.9 Å². The maximum Gasteiger partial charge on any atom is 0.307 e.